The van der Waals surface area contributed by atoms with E-state index in [0.717, 1.165) is 37.1 Å². The first-order valence-corrected chi connectivity index (χ1v) is 11.3. The largest absolute Gasteiger partial charge is 0.353 e. The fourth-order valence-corrected chi connectivity index (χ4v) is 4.44. The average Bonchev–Trinajstić information content (AvgIpc) is 3.03. The highest BCUT2D eigenvalue weighted by atomic mass is 32.1. The fraction of sp³-hybridized carbons (Fsp3) is 0.522. The lowest BCUT2D eigenvalue weighted by molar-refractivity contribution is -0.127. The van der Waals surface area contributed by atoms with E-state index in [2.05, 4.69) is 66.6 Å². The van der Waals surface area contributed by atoms with E-state index in [0.29, 0.717) is 17.4 Å². The topological polar surface area (TPSA) is 54.6 Å². The monoisotopic (exact) mass is 425 g/mol. The molecule has 4 rings (SSSR count). The molecule has 6 nitrogen and oxygen atoms in total. The molecule has 0 aliphatic carbocycles. The van der Waals surface area contributed by atoms with Gasteiger partial charge in [-0.3, -0.25) is 14.1 Å². The SMILES string of the molecule is Cc1cc2nn(CN3CCC(C(=O)NC(C)C(C)C)CC3)c(=S)n2c2ccccc12. The lowest BCUT2D eigenvalue weighted by Crippen LogP contribution is -2.44. The Balaban J connectivity index is 1.47. The Kier molecular flexibility index (Phi) is 5.93. The molecule has 1 aliphatic heterocycles. The number of carbonyl (C=O) groups is 1. The molecule has 1 saturated heterocycles. The van der Waals surface area contributed by atoms with Gasteiger partial charge in [-0.2, -0.15) is 5.10 Å². The molecule has 0 spiro atoms. The lowest BCUT2D eigenvalue weighted by atomic mass is 9.95. The van der Waals surface area contributed by atoms with Crippen LogP contribution in [0.4, 0.5) is 0 Å². The number of fused-ring (bicyclic) bond motifs is 3. The maximum atomic E-state index is 12.5. The van der Waals surface area contributed by atoms with Crippen molar-refractivity contribution in [2.24, 2.45) is 11.8 Å². The lowest BCUT2D eigenvalue weighted by Gasteiger charge is -2.31. The van der Waals surface area contributed by atoms with Crippen molar-refractivity contribution in [3.8, 4) is 0 Å². The third-order valence-corrected chi connectivity index (χ3v) is 6.84. The van der Waals surface area contributed by atoms with E-state index in [1.165, 1.54) is 10.9 Å². The first-order valence-electron chi connectivity index (χ1n) is 10.9. The van der Waals surface area contributed by atoms with Crippen LogP contribution in [0.1, 0.15) is 39.2 Å². The number of likely N-dealkylation sites (tertiary alicyclic amines) is 1. The number of hydrogen-bond donors (Lipinski definition) is 1. The van der Waals surface area contributed by atoms with Gasteiger partial charge in [0, 0.05) is 30.4 Å². The molecule has 1 atom stereocenters. The number of rotatable bonds is 5. The van der Waals surface area contributed by atoms with E-state index in [1.807, 2.05) is 10.7 Å². The summed E-state index contributed by atoms with van der Waals surface area (Å²) in [6, 6.07) is 10.6. The van der Waals surface area contributed by atoms with Crippen LogP contribution < -0.4 is 5.32 Å². The minimum Gasteiger partial charge on any atom is -0.353 e. The number of nitrogens with one attached hydrogen (secondary N) is 1. The molecule has 1 aliphatic rings. The minimum atomic E-state index is 0.100. The van der Waals surface area contributed by atoms with Crippen molar-refractivity contribution in [3.63, 3.8) is 0 Å². The number of para-hydroxylation sites is 1. The molecule has 0 radical (unpaired) electrons. The van der Waals surface area contributed by atoms with Crippen molar-refractivity contribution in [3.05, 3.63) is 40.7 Å². The number of hydrogen-bond acceptors (Lipinski definition) is 4. The third kappa shape index (κ3) is 4.01. The number of aryl methyl sites for hydroxylation is 1. The summed E-state index contributed by atoms with van der Waals surface area (Å²) in [5.41, 5.74) is 3.18. The Morgan fingerprint density at radius 1 is 1.23 bits per heavy atom. The molecule has 0 bridgehead atoms. The molecule has 0 saturated carbocycles. The minimum absolute atomic E-state index is 0.100. The van der Waals surface area contributed by atoms with Crippen LogP contribution in [-0.4, -0.2) is 44.1 Å². The molecular formula is C23H31N5OS. The van der Waals surface area contributed by atoms with Crippen LogP contribution in [-0.2, 0) is 11.5 Å². The maximum Gasteiger partial charge on any atom is 0.223 e. The quantitative estimate of drug-likeness (QED) is 0.624. The van der Waals surface area contributed by atoms with Crippen LogP contribution in [0.2, 0.25) is 0 Å². The van der Waals surface area contributed by atoms with Crippen molar-refractivity contribution in [1.82, 2.24) is 24.4 Å². The molecule has 3 aromatic rings. The number of nitrogens with zero attached hydrogens (tertiary/aromatic N) is 4. The molecule has 160 valence electrons. The molecule has 1 amide bonds. The smallest absolute Gasteiger partial charge is 0.223 e. The second kappa shape index (κ2) is 8.47. The van der Waals surface area contributed by atoms with Gasteiger partial charge in [-0.15, -0.1) is 0 Å². The molecule has 1 aromatic carbocycles. The first-order chi connectivity index (χ1) is 14.3. The van der Waals surface area contributed by atoms with Crippen LogP contribution in [0.15, 0.2) is 30.3 Å². The van der Waals surface area contributed by atoms with E-state index in [4.69, 9.17) is 17.3 Å². The summed E-state index contributed by atoms with van der Waals surface area (Å²) in [7, 11) is 0. The Morgan fingerprint density at radius 3 is 2.63 bits per heavy atom. The van der Waals surface area contributed by atoms with E-state index in [-0.39, 0.29) is 17.9 Å². The number of aromatic nitrogens is 3. The normalized spacial score (nSPS) is 17.1. The van der Waals surface area contributed by atoms with Gasteiger partial charge in [0.2, 0.25) is 10.7 Å². The molecule has 3 heterocycles. The number of piperidine rings is 1. The van der Waals surface area contributed by atoms with Gasteiger partial charge in [0.25, 0.3) is 0 Å². The summed E-state index contributed by atoms with van der Waals surface area (Å²) < 4.78 is 4.69. The van der Waals surface area contributed by atoms with Crippen LogP contribution >= 0.6 is 12.2 Å². The molecule has 1 fully saturated rings. The van der Waals surface area contributed by atoms with E-state index >= 15 is 0 Å². The summed E-state index contributed by atoms with van der Waals surface area (Å²) in [4.78, 5) is 14.9. The van der Waals surface area contributed by atoms with Crippen molar-refractivity contribution >= 4 is 34.7 Å². The van der Waals surface area contributed by atoms with Crippen LogP contribution in [0.25, 0.3) is 16.6 Å². The van der Waals surface area contributed by atoms with Crippen molar-refractivity contribution in [2.45, 2.75) is 53.2 Å². The van der Waals surface area contributed by atoms with Gasteiger partial charge in [-0.25, -0.2) is 4.68 Å². The van der Waals surface area contributed by atoms with Crippen molar-refractivity contribution < 1.29 is 4.79 Å². The van der Waals surface area contributed by atoms with Crippen LogP contribution in [0, 0.1) is 23.5 Å². The molecule has 7 heteroatoms. The number of pyridine rings is 1. The first kappa shape index (κ1) is 21.0. The van der Waals surface area contributed by atoms with Gasteiger partial charge in [0.05, 0.1) is 12.2 Å². The van der Waals surface area contributed by atoms with Crippen molar-refractivity contribution in [2.75, 3.05) is 13.1 Å². The summed E-state index contributed by atoms with van der Waals surface area (Å²) in [5, 5.41) is 9.15. The van der Waals surface area contributed by atoms with E-state index in [9.17, 15) is 4.79 Å². The van der Waals surface area contributed by atoms with Gasteiger partial charge in [0.15, 0.2) is 5.65 Å². The Morgan fingerprint density at radius 2 is 1.93 bits per heavy atom. The zero-order valence-corrected chi connectivity index (χ0v) is 19.1. The summed E-state index contributed by atoms with van der Waals surface area (Å²) in [5.74, 6) is 0.746. The third-order valence-electron chi connectivity index (χ3n) is 6.44. The Labute approximate surface area is 182 Å². The summed E-state index contributed by atoms with van der Waals surface area (Å²) in [6.45, 7) is 10.9. The highest BCUT2D eigenvalue weighted by Crippen LogP contribution is 2.22. The summed E-state index contributed by atoms with van der Waals surface area (Å²) in [6.07, 6.45) is 1.75. The van der Waals surface area contributed by atoms with Gasteiger partial charge in [0.1, 0.15) is 0 Å². The predicted molar refractivity (Wildman–Crippen MR) is 123 cm³/mol. The highest BCUT2D eigenvalue weighted by Gasteiger charge is 2.26. The van der Waals surface area contributed by atoms with Gasteiger partial charge < -0.3 is 5.32 Å². The van der Waals surface area contributed by atoms with Gasteiger partial charge >= 0.3 is 0 Å². The van der Waals surface area contributed by atoms with E-state index in [1.54, 1.807) is 0 Å². The van der Waals surface area contributed by atoms with E-state index < -0.39 is 0 Å². The molecule has 30 heavy (non-hydrogen) atoms. The Bertz CT molecular complexity index is 1120. The van der Waals surface area contributed by atoms with Gasteiger partial charge in [-0.1, -0.05) is 32.0 Å². The fourth-order valence-electron chi connectivity index (χ4n) is 4.14. The highest BCUT2D eigenvalue weighted by molar-refractivity contribution is 7.71. The van der Waals surface area contributed by atoms with Crippen molar-refractivity contribution in [1.29, 1.82) is 0 Å². The second-order valence-electron chi connectivity index (χ2n) is 8.90. The zero-order valence-electron chi connectivity index (χ0n) is 18.3. The number of benzene rings is 1. The molecule has 1 N–H and O–H groups in total. The van der Waals surface area contributed by atoms with Crippen LogP contribution in [0.3, 0.4) is 0 Å². The maximum absolute atomic E-state index is 12.5. The number of amides is 1. The van der Waals surface area contributed by atoms with Crippen LogP contribution in [0.5, 0.6) is 0 Å². The Hall–Kier alpha value is -2.25. The molecule has 1 unspecified atom stereocenters. The predicted octanol–water partition coefficient (Wildman–Crippen LogP) is 4.16. The number of carbonyl (C=O) groups excluding carboxylic acids is 1. The van der Waals surface area contributed by atoms with Gasteiger partial charge in [-0.05, 0) is 62.5 Å². The molecular weight excluding hydrogens is 394 g/mol. The standard InChI is InChI=1S/C23H31N5OS/c1-15(2)17(4)24-22(29)18-9-11-26(12-10-18)14-27-23(30)28-20-8-6-5-7-19(20)16(3)13-21(28)25-27/h5-8,13,15,17-18H,9-12,14H2,1-4H3,(H,24,29). The average molecular weight is 426 g/mol. The second-order valence-corrected chi connectivity index (χ2v) is 9.26. The zero-order chi connectivity index (χ0) is 21.4. The molecule has 2 aromatic heterocycles. The summed E-state index contributed by atoms with van der Waals surface area (Å²) >= 11 is 5.78.